The van der Waals surface area contributed by atoms with Gasteiger partial charge < -0.3 is 14.8 Å². The van der Waals surface area contributed by atoms with Crippen LogP contribution in [0.15, 0.2) is 0 Å². The highest BCUT2D eigenvalue weighted by Crippen LogP contribution is 2.13. The number of methoxy groups -OCH3 is 1. The summed E-state index contributed by atoms with van der Waals surface area (Å²) in [6.07, 6.45) is 1.73. The molecule has 2 atom stereocenters. The van der Waals surface area contributed by atoms with Crippen molar-refractivity contribution >= 4 is 11.9 Å². The summed E-state index contributed by atoms with van der Waals surface area (Å²) >= 11 is 0. The van der Waals surface area contributed by atoms with Gasteiger partial charge >= 0.3 is 5.97 Å². The minimum absolute atomic E-state index is 0.0942. The van der Waals surface area contributed by atoms with Crippen LogP contribution in [0.5, 0.6) is 0 Å². The third kappa shape index (κ3) is 3.68. The number of hydrogen-bond acceptors (Lipinski definition) is 5. The summed E-state index contributed by atoms with van der Waals surface area (Å²) in [5, 5.41) is 2.95. The molecule has 1 amide bonds. The molecule has 0 aliphatic carbocycles. The van der Waals surface area contributed by atoms with Gasteiger partial charge in [0.2, 0.25) is 5.91 Å². The first-order valence-electron chi connectivity index (χ1n) is 6.37. The topological polar surface area (TPSA) is 67.9 Å². The zero-order valence-corrected chi connectivity index (χ0v) is 10.7. The molecule has 1 N–H and O–H groups in total. The van der Waals surface area contributed by atoms with E-state index in [1.807, 2.05) is 0 Å². The number of nitrogens with zero attached hydrogens (tertiary/aromatic N) is 1. The second-order valence-corrected chi connectivity index (χ2v) is 4.84. The largest absolute Gasteiger partial charge is 0.469 e. The van der Waals surface area contributed by atoms with Crippen LogP contribution in [0.25, 0.3) is 0 Å². The lowest BCUT2D eigenvalue weighted by Crippen LogP contribution is -2.48. The number of hydrogen-bond donors (Lipinski definition) is 1. The van der Waals surface area contributed by atoms with Crippen LogP contribution in [0.3, 0.4) is 0 Å². The maximum Gasteiger partial charge on any atom is 0.308 e. The molecule has 2 rings (SSSR count). The summed E-state index contributed by atoms with van der Waals surface area (Å²) in [6, 6.07) is 0.245. The number of amides is 1. The van der Waals surface area contributed by atoms with Crippen molar-refractivity contribution in [1.82, 2.24) is 10.2 Å². The van der Waals surface area contributed by atoms with Gasteiger partial charge in [-0.25, -0.2) is 0 Å². The van der Waals surface area contributed by atoms with Gasteiger partial charge in [0.1, 0.15) is 0 Å². The number of carbonyl (C=O) groups excluding carboxylic acids is 2. The highest BCUT2D eigenvalue weighted by atomic mass is 16.5. The molecule has 102 valence electrons. The van der Waals surface area contributed by atoms with Gasteiger partial charge in [-0.15, -0.1) is 0 Å². The summed E-state index contributed by atoms with van der Waals surface area (Å²) in [4.78, 5) is 24.6. The molecule has 0 aromatic rings. The van der Waals surface area contributed by atoms with Gasteiger partial charge in [-0.1, -0.05) is 0 Å². The zero-order valence-electron chi connectivity index (χ0n) is 10.7. The fourth-order valence-corrected chi connectivity index (χ4v) is 2.46. The van der Waals surface area contributed by atoms with Crippen LogP contribution in [0, 0.1) is 0 Å². The van der Waals surface area contributed by atoms with Gasteiger partial charge in [0.25, 0.3) is 0 Å². The number of ether oxygens (including phenoxy) is 2. The van der Waals surface area contributed by atoms with Crippen molar-refractivity contribution in [2.24, 2.45) is 0 Å². The average Bonchev–Trinajstić information content (AvgIpc) is 2.75. The highest BCUT2D eigenvalue weighted by molar-refractivity contribution is 5.78. The first-order chi connectivity index (χ1) is 8.67. The molecule has 0 radical (unpaired) electrons. The molecule has 0 saturated carbocycles. The Morgan fingerprint density at radius 2 is 2.44 bits per heavy atom. The molecule has 0 spiro atoms. The Morgan fingerprint density at radius 1 is 1.61 bits per heavy atom. The van der Waals surface area contributed by atoms with E-state index >= 15 is 0 Å². The number of morpholine rings is 1. The van der Waals surface area contributed by atoms with E-state index in [1.54, 1.807) is 0 Å². The number of esters is 1. The monoisotopic (exact) mass is 256 g/mol. The van der Waals surface area contributed by atoms with Crippen LogP contribution in [0.2, 0.25) is 0 Å². The van der Waals surface area contributed by atoms with Gasteiger partial charge in [0.05, 0.1) is 26.2 Å². The Balaban J connectivity index is 1.76. The van der Waals surface area contributed by atoms with Crippen molar-refractivity contribution < 1.29 is 19.1 Å². The van der Waals surface area contributed by atoms with E-state index in [1.165, 1.54) is 7.11 Å². The Morgan fingerprint density at radius 3 is 3.11 bits per heavy atom. The molecule has 2 unspecified atom stereocenters. The lowest BCUT2D eigenvalue weighted by molar-refractivity contribution is -0.145. The highest BCUT2D eigenvalue weighted by Gasteiger charge is 2.27. The number of carbonyl (C=O) groups is 2. The molecule has 18 heavy (non-hydrogen) atoms. The molecule has 2 aliphatic rings. The van der Waals surface area contributed by atoms with Crippen LogP contribution in [-0.2, 0) is 19.1 Å². The van der Waals surface area contributed by atoms with Crippen LogP contribution in [0.4, 0.5) is 0 Å². The molecular weight excluding hydrogens is 236 g/mol. The van der Waals surface area contributed by atoms with Gasteiger partial charge in [0.15, 0.2) is 0 Å². The molecule has 2 aliphatic heterocycles. The molecule has 6 nitrogen and oxygen atoms in total. The Hall–Kier alpha value is -1.14. The van der Waals surface area contributed by atoms with Crippen LogP contribution >= 0.6 is 0 Å². The Bertz CT molecular complexity index is 321. The molecule has 2 heterocycles. The van der Waals surface area contributed by atoms with E-state index in [9.17, 15) is 9.59 Å². The second kappa shape index (κ2) is 6.15. The molecule has 2 saturated heterocycles. The standard InChI is InChI=1S/C12H20N2O4/c1-17-12(16)6-10-8-14(4-5-18-10)7-9-2-3-11(15)13-9/h9-10H,2-8H2,1H3,(H,13,15). The second-order valence-electron chi connectivity index (χ2n) is 4.84. The summed E-state index contributed by atoms with van der Waals surface area (Å²) in [6.45, 7) is 3.04. The average molecular weight is 256 g/mol. The van der Waals surface area contributed by atoms with Gasteiger partial charge in [-0.3, -0.25) is 14.5 Å². The van der Waals surface area contributed by atoms with Gasteiger partial charge in [-0.05, 0) is 6.42 Å². The molecular formula is C12H20N2O4. The van der Waals surface area contributed by atoms with Crippen molar-refractivity contribution in [3.8, 4) is 0 Å². The Labute approximate surface area is 107 Å². The minimum Gasteiger partial charge on any atom is -0.469 e. The molecule has 0 bridgehead atoms. The smallest absolute Gasteiger partial charge is 0.308 e. The van der Waals surface area contributed by atoms with Crippen molar-refractivity contribution in [2.75, 3.05) is 33.4 Å². The number of rotatable bonds is 4. The van der Waals surface area contributed by atoms with E-state index in [2.05, 4.69) is 15.0 Å². The van der Waals surface area contributed by atoms with E-state index in [-0.39, 0.29) is 24.0 Å². The van der Waals surface area contributed by atoms with Gasteiger partial charge in [-0.2, -0.15) is 0 Å². The maximum atomic E-state index is 11.2. The molecule has 0 aromatic carbocycles. The molecule has 0 aromatic heterocycles. The first-order valence-corrected chi connectivity index (χ1v) is 6.37. The van der Waals surface area contributed by atoms with E-state index < -0.39 is 0 Å². The molecule has 6 heteroatoms. The lowest BCUT2D eigenvalue weighted by atomic mass is 10.1. The third-order valence-corrected chi connectivity index (χ3v) is 3.41. The fourth-order valence-electron chi connectivity index (χ4n) is 2.46. The van der Waals surface area contributed by atoms with Crippen molar-refractivity contribution in [2.45, 2.75) is 31.4 Å². The van der Waals surface area contributed by atoms with E-state index in [4.69, 9.17) is 4.74 Å². The lowest BCUT2D eigenvalue weighted by Gasteiger charge is -2.33. The zero-order chi connectivity index (χ0) is 13.0. The van der Waals surface area contributed by atoms with Gasteiger partial charge in [0, 0.05) is 32.1 Å². The third-order valence-electron chi connectivity index (χ3n) is 3.41. The maximum absolute atomic E-state index is 11.2. The summed E-state index contributed by atoms with van der Waals surface area (Å²) in [5.41, 5.74) is 0. The van der Waals surface area contributed by atoms with Crippen molar-refractivity contribution in [3.63, 3.8) is 0 Å². The quantitative estimate of drug-likeness (QED) is 0.689. The first kappa shape index (κ1) is 13.3. The predicted molar refractivity (Wildman–Crippen MR) is 64.0 cm³/mol. The SMILES string of the molecule is COC(=O)CC1CN(CC2CCC(=O)N2)CCO1. The van der Waals surface area contributed by atoms with Crippen molar-refractivity contribution in [1.29, 1.82) is 0 Å². The molecule has 2 fully saturated rings. The minimum atomic E-state index is -0.240. The van der Waals surface area contributed by atoms with Crippen LogP contribution < -0.4 is 5.32 Å². The van der Waals surface area contributed by atoms with E-state index in [0.29, 0.717) is 19.4 Å². The summed E-state index contributed by atoms with van der Waals surface area (Å²) in [7, 11) is 1.39. The number of nitrogens with one attached hydrogen (secondary N) is 1. The van der Waals surface area contributed by atoms with Crippen LogP contribution in [0.1, 0.15) is 19.3 Å². The van der Waals surface area contributed by atoms with Crippen molar-refractivity contribution in [3.05, 3.63) is 0 Å². The Kier molecular flexibility index (Phi) is 4.54. The summed E-state index contributed by atoms with van der Waals surface area (Å²) in [5.74, 6) is -0.101. The van der Waals surface area contributed by atoms with Crippen LogP contribution in [-0.4, -0.2) is 62.3 Å². The fraction of sp³-hybridized carbons (Fsp3) is 0.833. The summed E-state index contributed by atoms with van der Waals surface area (Å²) < 4.78 is 10.2. The normalized spacial score (nSPS) is 29.1. The predicted octanol–water partition coefficient (Wildman–Crippen LogP) is -0.471. The van der Waals surface area contributed by atoms with E-state index in [0.717, 1.165) is 26.1 Å².